The summed E-state index contributed by atoms with van der Waals surface area (Å²) in [6.45, 7) is 0. The van der Waals surface area contributed by atoms with Crippen LogP contribution in [0.15, 0.2) is 0 Å². The van der Waals surface area contributed by atoms with Crippen LogP contribution in [-0.2, 0) is 22.5 Å². The van der Waals surface area contributed by atoms with Crippen LogP contribution in [0.3, 0.4) is 0 Å². The summed E-state index contributed by atoms with van der Waals surface area (Å²) in [4.78, 5) is 16.5. The summed E-state index contributed by atoms with van der Waals surface area (Å²) in [5.74, 6) is 0. The molecule has 7 nitrogen and oxygen atoms in total. The van der Waals surface area contributed by atoms with Crippen molar-refractivity contribution in [1.82, 2.24) is 0 Å². The fraction of sp³-hybridized carbons (Fsp3) is 1.00. The van der Waals surface area contributed by atoms with Gasteiger partial charge in [0.25, 0.3) is 0 Å². The Morgan fingerprint density at radius 1 is 1.36 bits per heavy atom. The van der Waals surface area contributed by atoms with Crippen molar-refractivity contribution in [3.63, 3.8) is 0 Å². The van der Waals surface area contributed by atoms with Crippen molar-refractivity contribution in [1.29, 1.82) is 0 Å². The smallest absolute Gasteiger partial charge is 1.00 e. The van der Waals surface area contributed by atoms with Crippen molar-refractivity contribution in [2.24, 2.45) is 0 Å². The predicted molar refractivity (Wildman–Crippen MR) is 45.4 cm³/mol. The van der Waals surface area contributed by atoms with Gasteiger partial charge < -0.3 is 11.2 Å². The normalized spacial score (nSPS) is 16.1. The predicted octanol–water partition coefficient (Wildman–Crippen LogP) is -1.26. The third-order valence-corrected chi connectivity index (χ3v) is 3.63. The summed E-state index contributed by atoms with van der Waals surface area (Å²) >= 11 is 10.1. The summed E-state index contributed by atoms with van der Waals surface area (Å²) in [7, 11) is -8.54. The van der Waals surface area contributed by atoms with E-state index in [0.29, 0.717) is 0 Å². The maximum atomic E-state index is 11.1. The largest absolute Gasteiger partial charge is 1.00 e. The topological polar surface area (TPSA) is 102 Å². The van der Waals surface area contributed by atoms with Crippen LogP contribution in [0.1, 0.15) is 1.43 Å². The molecule has 0 aliphatic carbocycles. The van der Waals surface area contributed by atoms with Crippen LogP contribution in [0, 0.1) is 0 Å². The van der Waals surface area contributed by atoms with Gasteiger partial charge in [0.15, 0.2) is 0 Å². The number of phosphoric acid groups is 2. The number of phosphoric ester groups is 1. The molecule has 0 spiro atoms. The number of rotatable bonds is 5. The van der Waals surface area contributed by atoms with Gasteiger partial charge in [0.05, 0.1) is 0 Å². The number of alkyl halides is 2. The molecular weight excluding hydrogens is 308 g/mol. The summed E-state index contributed by atoms with van der Waals surface area (Å²) in [6.07, 6.45) is 0. The van der Waals surface area contributed by atoms with Gasteiger partial charge in [0.2, 0.25) is 5.02 Å². The van der Waals surface area contributed by atoms with Crippen molar-refractivity contribution in [2.45, 2.75) is 5.02 Å². The fourth-order valence-corrected chi connectivity index (χ4v) is 2.65. The first kappa shape index (κ1) is 18.8. The molecule has 0 aromatic rings. The quantitative estimate of drug-likeness (QED) is 0.371. The third kappa shape index (κ3) is 9.68. The van der Waals surface area contributed by atoms with Gasteiger partial charge in [0.1, 0.15) is 0 Å². The molecule has 0 aliphatic rings. The minimum absolute atomic E-state index is 0. The maximum absolute atomic E-state index is 11.1. The summed E-state index contributed by atoms with van der Waals surface area (Å²) in [5, 5.41) is -1.59. The first-order valence-electron chi connectivity index (χ1n) is 2.58. The van der Waals surface area contributed by atoms with Crippen LogP contribution in [0.4, 0.5) is 0 Å². The van der Waals surface area contributed by atoms with Crippen molar-refractivity contribution < 1.29 is 85.1 Å². The van der Waals surface area contributed by atoms with Gasteiger partial charge in [-0.15, -0.1) is 0 Å². The van der Waals surface area contributed by atoms with E-state index in [1.165, 1.54) is 0 Å². The van der Waals surface area contributed by atoms with E-state index in [2.05, 4.69) is 13.4 Å². The Balaban J connectivity index is -0.000000720. The maximum Gasteiger partial charge on any atom is 1.00 e. The van der Waals surface area contributed by atoms with Crippen LogP contribution >= 0.6 is 38.8 Å². The van der Waals surface area contributed by atoms with Crippen molar-refractivity contribution >= 4 is 38.8 Å². The van der Waals surface area contributed by atoms with Crippen molar-refractivity contribution in [2.75, 3.05) is 7.11 Å². The Morgan fingerprint density at radius 2 is 1.79 bits per heavy atom. The van der Waals surface area contributed by atoms with Gasteiger partial charge in [0, 0.05) is 7.11 Å². The summed E-state index contributed by atoms with van der Waals surface area (Å²) in [5.41, 5.74) is 0. The molecule has 0 aromatic heterocycles. The number of hydrogen-bond donors (Lipinski definition) is 2. The zero-order valence-electron chi connectivity index (χ0n) is 8.16. The van der Waals surface area contributed by atoms with Gasteiger partial charge in [-0.25, -0.2) is 9.13 Å². The van der Waals surface area contributed by atoms with Crippen LogP contribution in [0.5, 0.6) is 0 Å². The monoisotopic (exact) mass is 314 g/mol. The van der Waals surface area contributed by atoms with E-state index >= 15 is 0 Å². The molecular formula is C2H7Cl2KO7P2. The molecule has 0 heterocycles. The zero-order valence-corrected chi connectivity index (χ0v) is 13.6. The molecule has 12 heteroatoms. The Labute approximate surface area is 134 Å². The summed E-state index contributed by atoms with van der Waals surface area (Å²) < 4.78 is 33.2. The zero-order chi connectivity index (χ0) is 10.7. The Kier molecular flexibility index (Phi) is 10.4. The Morgan fingerprint density at radius 3 is 2.00 bits per heavy atom. The van der Waals surface area contributed by atoms with E-state index in [-0.39, 0.29) is 52.8 Å². The SMILES string of the molecule is COP(=O)(OC(Cl)Cl)OP(=O)(O)O.[H-].[K+]. The molecule has 82 valence electrons. The molecule has 0 aliphatic heterocycles. The first-order valence-corrected chi connectivity index (χ1v) is 6.44. The van der Waals surface area contributed by atoms with Crippen molar-refractivity contribution in [3.8, 4) is 0 Å². The average Bonchev–Trinajstić information content (AvgIpc) is 1.81. The van der Waals surface area contributed by atoms with Crippen LogP contribution in [-0.4, -0.2) is 21.9 Å². The van der Waals surface area contributed by atoms with E-state index in [1.807, 2.05) is 0 Å². The van der Waals surface area contributed by atoms with Crippen LogP contribution in [0.2, 0.25) is 0 Å². The van der Waals surface area contributed by atoms with Crippen LogP contribution in [0.25, 0.3) is 0 Å². The van der Waals surface area contributed by atoms with Crippen LogP contribution < -0.4 is 51.4 Å². The molecule has 14 heavy (non-hydrogen) atoms. The molecule has 1 atom stereocenters. The number of hydrogen-bond acceptors (Lipinski definition) is 5. The molecule has 2 N–H and O–H groups in total. The van der Waals surface area contributed by atoms with E-state index in [0.717, 1.165) is 7.11 Å². The summed E-state index contributed by atoms with van der Waals surface area (Å²) in [6, 6.07) is 0. The van der Waals surface area contributed by atoms with Gasteiger partial charge in [-0.1, -0.05) is 23.2 Å². The molecule has 0 bridgehead atoms. The standard InChI is InChI=1S/C2H6Cl2O7P2.K.H/c1-9-13(8,10-2(3)4)11-12(5,6)7;;/h2H,1H3,(H2,5,6,7);;/q;+1;-1. The second-order valence-electron chi connectivity index (χ2n) is 1.57. The molecule has 0 aromatic carbocycles. The van der Waals surface area contributed by atoms with E-state index < -0.39 is 20.7 Å². The van der Waals surface area contributed by atoms with E-state index in [9.17, 15) is 9.13 Å². The number of halogens is 2. The Bertz CT molecular complexity index is 257. The Hall–Kier alpha value is 2.48. The third-order valence-electron chi connectivity index (χ3n) is 0.639. The van der Waals surface area contributed by atoms with E-state index in [4.69, 9.17) is 33.0 Å². The first-order chi connectivity index (χ1) is 5.68. The molecule has 0 saturated heterocycles. The fourth-order valence-electron chi connectivity index (χ4n) is 0.323. The second-order valence-corrected chi connectivity index (χ2v) is 5.69. The minimum atomic E-state index is -4.99. The van der Waals surface area contributed by atoms with Crippen molar-refractivity contribution in [3.05, 3.63) is 0 Å². The second kappa shape index (κ2) is 7.74. The molecule has 0 amide bonds. The molecule has 0 radical (unpaired) electrons. The average molecular weight is 315 g/mol. The van der Waals surface area contributed by atoms with Gasteiger partial charge in [-0.05, 0) is 0 Å². The molecule has 0 rings (SSSR count). The molecule has 1 unspecified atom stereocenters. The molecule has 0 saturated carbocycles. The minimum Gasteiger partial charge on any atom is -1.00 e. The molecule has 0 fully saturated rings. The van der Waals surface area contributed by atoms with E-state index in [1.54, 1.807) is 0 Å². The van der Waals surface area contributed by atoms with Gasteiger partial charge >= 0.3 is 67.0 Å². The van der Waals surface area contributed by atoms with Gasteiger partial charge in [-0.2, -0.15) is 4.31 Å². The van der Waals surface area contributed by atoms with Gasteiger partial charge in [-0.3, -0.25) is 9.05 Å².